The van der Waals surface area contributed by atoms with Gasteiger partial charge in [0.05, 0.1) is 5.56 Å². The Kier molecular flexibility index (Phi) is 3.67. The number of rotatable bonds is 3. The van der Waals surface area contributed by atoms with Gasteiger partial charge in [0.15, 0.2) is 0 Å². The summed E-state index contributed by atoms with van der Waals surface area (Å²) in [6.45, 7) is 1.72. The highest BCUT2D eigenvalue weighted by atomic mass is 19.1. The number of para-hydroxylation sites is 1. The van der Waals surface area contributed by atoms with Gasteiger partial charge in [0, 0.05) is 6.07 Å². The van der Waals surface area contributed by atoms with Crippen LogP contribution >= 0.6 is 0 Å². The van der Waals surface area contributed by atoms with E-state index in [2.05, 4.69) is 0 Å². The van der Waals surface area contributed by atoms with Gasteiger partial charge < -0.3 is 9.84 Å². The first kappa shape index (κ1) is 13.6. The van der Waals surface area contributed by atoms with Crippen molar-refractivity contribution < 1.29 is 19.0 Å². The third-order valence-corrected chi connectivity index (χ3v) is 2.72. The molecule has 0 radical (unpaired) electrons. The molecule has 4 nitrogen and oxygen atoms in total. The second kappa shape index (κ2) is 5.41. The Morgan fingerprint density at radius 3 is 2.75 bits per heavy atom. The van der Waals surface area contributed by atoms with Gasteiger partial charge >= 0.3 is 5.97 Å². The number of nitriles is 1. The minimum absolute atomic E-state index is 0.136. The van der Waals surface area contributed by atoms with Gasteiger partial charge in [0.25, 0.3) is 0 Å². The highest BCUT2D eigenvalue weighted by Gasteiger charge is 2.15. The lowest BCUT2D eigenvalue weighted by molar-refractivity contribution is 0.0694. The molecule has 0 amide bonds. The van der Waals surface area contributed by atoms with E-state index in [1.807, 2.05) is 6.07 Å². The molecule has 2 aromatic rings. The van der Waals surface area contributed by atoms with Gasteiger partial charge in [-0.3, -0.25) is 0 Å². The van der Waals surface area contributed by atoms with Crippen molar-refractivity contribution in [3.63, 3.8) is 0 Å². The van der Waals surface area contributed by atoms with E-state index in [0.29, 0.717) is 5.56 Å². The maximum atomic E-state index is 13.3. The smallest absolute Gasteiger partial charge is 0.339 e. The third kappa shape index (κ3) is 2.59. The molecule has 2 rings (SSSR count). The molecule has 20 heavy (non-hydrogen) atoms. The van der Waals surface area contributed by atoms with Crippen LogP contribution in [-0.4, -0.2) is 11.1 Å². The number of aromatic carboxylic acids is 1. The highest BCUT2D eigenvalue weighted by molar-refractivity contribution is 5.91. The summed E-state index contributed by atoms with van der Waals surface area (Å²) in [5.74, 6) is -1.75. The van der Waals surface area contributed by atoms with Crippen LogP contribution in [0.2, 0.25) is 0 Å². The molecular formula is C15H10FNO3. The van der Waals surface area contributed by atoms with Crippen LogP contribution < -0.4 is 4.74 Å². The summed E-state index contributed by atoms with van der Waals surface area (Å²) in [7, 11) is 0. The fourth-order valence-corrected chi connectivity index (χ4v) is 1.74. The standard InChI is InChI=1S/C15H10FNO3/c1-9-3-2-4-10(8-17)14(9)20-13-7-11(16)5-6-12(13)15(18)19/h2-7H,1H3,(H,18,19). The zero-order valence-corrected chi connectivity index (χ0v) is 10.6. The number of ether oxygens (including phenoxy) is 1. The van der Waals surface area contributed by atoms with E-state index in [9.17, 15) is 9.18 Å². The maximum absolute atomic E-state index is 13.3. The molecule has 0 fully saturated rings. The van der Waals surface area contributed by atoms with E-state index in [4.69, 9.17) is 15.1 Å². The molecule has 0 aliphatic carbocycles. The van der Waals surface area contributed by atoms with Gasteiger partial charge in [-0.25, -0.2) is 9.18 Å². The summed E-state index contributed by atoms with van der Waals surface area (Å²) in [4.78, 5) is 11.1. The van der Waals surface area contributed by atoms with Gasteiger partial charge in [-0.1, -0.05) is 12.1 Å². The Morgan fingerprint density at radius 1 is 1.35 bits per heavy atom. The van der Waals surface area contributed by atoms with Crippen molar-refractivity contribution in [3.05, 3.63) is 58.9 Å². The molecule has 0 saturated heterocycles. The van der Waals surface area contributed by atoms with Crippen LogP contribution in [0.15, 0.2) is 36.4 Å². The van der Waals surface area contributed by atoms with Gasteiger partial charge in [0.1, 0.15) is 28.9 Å². The number of hydrogen-bond donors (Lipinski definition) is 1. The number of hydrogen-bond acceptors (Lipinski definition) is 3. The second-order valence-corrected chi connectivity index (χ2v) is 4.11. The summed E-state index contributed by atoms with van der Waals surface area (Å²) < 4.78 is 18.7. The molecule has 0 aliphatic heterocycles. The summed E-state index contributed by atoms with van der Waals surface area (Å²) in [5, 5.41) is 18.1. The SMILES string of the molecule is Cc1cccc(C#N)c1Oc1cc(F)ccc1C(=O)O. The molecule has 0 heterocycles. The van der Waals surface area contributed by atoms with Gasteiger partial charge in [-0.05, 0) is 30.7 Å². The zero-order valence-electron chi connectivity index (χ0n) is 10.6. The minimum atomic E-state index is -1.23. The van der Waals surface area contributed by atoms with Crippen molar-refractivity contribution in [3.8, 4) is 17.6 Å². The molecule has 0 atom stereocenters. The number of aryl methyl sites for hydroxylation is 1. The van der Waals surface area contributed by atoms with E-state index in [1.54, 1.807) is 25.1 Å². The Bertz CT molecular complexity index is 720. The van der Waals surface area contributed by atoms with Gasteiger partial charge in [-0.2, -0.15) is 5.26 Å². The largest absolute Gasteiger partial charge is 0.478 e. The molecule has 0 aromatic heterocycles. The number of halogens is 1. The number of nitrogens with zero attached hydrogens (tertiary/aromatic N) is 1. The molecule has 0 spiro atoms. The molecule has 1 N–H and O–H groups in total. The molecule has 5 heteroatoms. The molecule has 0 aliphatic rings. The van der Waals surface area contributed by atoms with E-state index in [1.165, 1.54) is 0 Å². The summed E-state index contributed by atoms with van der Waals surface area (Å²) in [5.41, 5.74) is 0.744. The maximum Gasteiger partial charge on any atom is 0.339 e. The normalized spacial score (nSPS) is 9.85. The van der Waals surface area contributed by atoms with Crippen molar-refractivity contribution in [2.45, 2.75) is 6.92 Å². The molecule has 0 bridgehead atoms. The molecule has 100 valence electrons. The lowest BCUT2D eigenvalue weighted by atomic mass is 10.1. The topological polar surface area (TPSA) is 70.3 Å². The van der Waals surface area contributed by atoms with Crippen LogP contribution in [0.5, 0.6) is 11.5 Å². The van der Waals surface area contributed by atoms with Crippen molar-refractivity contribution >= 4 is 5.97 Å². The van der Waals surface area contributed by atoms with Crippen LogP contribution in [-0.2, 0) is 0 Å². The first-order chi connectivity index (χ1) is 9.52. The van der Waals surface area contributed by atoms with Crippen LogP contribution in [0.3, 0.4) is 0 Å². The lowest BCUT2D eigenvalue weighted by Crippen LogP contribution is -2.02. The molecule has 0 unspecified atom stereocenters. The van der Waals surface area contributed by atoms with Crippen molar-refractivity contribution in [1.82, 2.24) is 0 Å². The summed E-state index contributed by atoms with van der Waals surface area (Å²) in [6.07, 6.45) is 0. The second-order valence-electron chi connectivity index (χ2n) is 4.11. The number of carboxylic acid groups (broad SMARTS) is 1. The van der Waals surface area contributed by atoms with Crippen molar-refractivity contribution in [1.29, 1.82) is 5.26 Å². The van der Waals surface area contributed by atoms with Crippen LogP contribution in [0.1, 0.15) is 21.5 Å². The fourth-order valence-electron chi connectivity index (χ4n) is 1.74. The van der Waals surface area contributed by atoms with E-state index < -0.39 is 11.8 Å². The summed E-state index contributed by atoms with van der Waals surface area (Å²) >= 11 is 0. The monoisotopic (exact) mass is 271 g/mol. The average Bonchev–Trinajstić information content (AvgIpc) is 2.40. The lowest BCUT2D eigenvalue weighted by Gasteiger charge is -2.12. The van der Waals surface area contributed by atoms with Gasteiger partial charge in [-0.15, -0.1) is 0 Å². The van der Waals surface area contributed by atoms with Crippen LogP contribution in [0.4, 0.5) is 4.39 Å². The molecular weight excluding hydrogens is 261 g/mol. The Hall–Kier alpha value is -2.87. The summed E-state index contributed by atoms with van der Waals surface area (Å²) in [6, 6.07) is 10.0. The molecule has 0 saturated carbocycles. The Balaban J connectivity index is 2.53. The van der Waals surface area contributed by atoms with Crippen LogP contribution in [0.25, 0.3) is 0 Å². The highest BCUT2D eigenvalue weighted by Crippen LogP contribution is 2.31. The Labute approximate surface area is 114 Å². The first-order valence-corrected chi connectivity index (χ1v) is 5.73. The number of benzene rings is 2. The first-order valence-electron chi connectivity index (χ1n) is 5.73. The van der Waals surface area contributed by atoms with Crippen LogP contribution in [0, 0.1) is 24.1 Å². The van der Waals surface area contributed by atoms with E-state index in [-0.39, 0.29) is 22.6 Å². The Morgan fingerprint density at radius 2 is 2.10 bits per heavy atom. The zero-order chi connectivity index (χ0) is 14.7. The van der Waals surface area contributed by atoms with Crippen molar-refractivity contribution in [2.24, 2.45) is 0 Å². The predicted molar refractivity (Wildman–Crippen MR) is 69.3 cm³/mol. The predicted octanol–water partition coefficient (Wildman–Crippen LogP) is 3.50. The minimum Gasteiger partial charge on any atom is -0.478 e. The van der Waals surface area contributed by atoms with Gasteiger partial charge in [0.2, 0.25) is 0 Å². The van der Waals surface area contributed by atoms with Crippen molar-refractivity contribution in [2.75, 3.05) is 0 Å². The fraction of sp³-hybridized carbons (Fsp3) is 0.0667. The number of carboxylic acids is 1. The third-order valence-electron chi connectivity index (χ3n) is 2.72. The average molecular weight is 271 g/mol. The number of carbonyl (C=O) groups is 1. The van der Waals surface area contributed by atoms with E-state index >= 15 is 0 Å². The molecule has 2 aromatic carbocycles. The van der Waals surface area contributed by atoms with E-state index in [0.717, 1.165) is 18.2 Å². The quantitative estimate of drug-likeness (QED) is 0.927.